The zero-order valence-corrected chi connectivity index (χ0v) is 11.0. The predicted octanol–water partition coefficient (Wildman–Crippen LogP) is 2.42. The minimum Gasteiger partial charge on any atom is -0.481 e. The summed E-state index contributed by atoms with van der Waals surface area (Å²) in [5.41, 5.74) is 3.40. The molecule has 0 aliphatic heterocycles. The highest BCUT2D eigenvalue weighted by molar-refractivity contribution is 7.84. The third-order valence-electron chi connectivity index (χ3n) is 2.37. The summed E-state index contributed by atoms with van der Waals surface area (Å²) >= 11 is 0. The van der Waals surface area contributed by atoms with E-state index in [2.05, 4.69) is 6.07 Å². The zero-order chi connectivity index (χ0) is 12.8. The van der Waals surface area contributed by atoms with Crippen molar-refractivity contribution in [3.8, 4) is 0 Å². The lowest BCUT2D eigenvalue weighted by Gasteiger charge is -2.05. The van der Waals surface area contributed by atoms with Crippen LogP contribution in [0.3, 0.4) is 0 Å². The highest BCUT2D eigenvalue weighted by atomic mass is 32.2. The van der Waals surface area contributed by atoms with Gasteiger partial charge in [-0.15, -0.1) is 0 Å². The van der Waals surface area contributed by atoms with E-state index in [-0.39, 0.29) is 6.42 Å². The third-order valence-corrected chi connectivity index (χ3v) is 3.77. The molecule has 1 atom stereocenters. The van der Waals surface area contributed by atoms with Crippen LogP contribution in [0.4, 0.5) is 0 Å². The summed E-state index contributed by atoms with van der Waals surface area (Å²) < 4.78 is 11.7. The molecule has 0 aromatic heterocycles. The predicted molar refractivity (Wildman–Crippen MR) is 69.5 cm³/mol. The van der Waals surface area contributed by atoms with Crippen LogP contribution >= 0.6 is 0 Å². The van der Waals surface area contributed by atoms with Crippen molar-refractivity contribution in [2.45, 2.75) is 32.4 Å². The largest absolute Gasteiger partial charge is 0.481 e. The summed E-state index contributed by atoms with van der Waals surface area (Å²) in [6, 6.07) is 6.14. The van der Waals surface area contributed by atoms with E-state index in [0.717, 1.165) is 5.56 Å². The van der Waals surface area contributed by atoms with Gasteiger partial charge >= 0.3 is 5.97 Å². The maximum Gasteiger partial charge on any atom is 0.303 e. The van der Waals surface area contributed by atoms with Crippen LogP contribution in [0.25, 0.3) is 0 Å². The average Bonchev–Trinajstić information content (AvgIpc) is 2.14. The second-order valence-corrected chi connectivity index (χ2v) is 5.86. The van der Waals surface area contributed by atoms with Gasteiger partial charge in [0.05, 0.1) is 0 Å². The number of rotatable bonds is 6. The minimum absolute atomic E-state index is 0.0958. The fraction of sp³-hybridized carbons (Fsp3) is 0.462. The van der Waals surface area contributed by atoms with E-state index in [1.54, 1.807) is 0 Å². The van der Waals surface area contributed by atoms with Crippen molar-refractivity contribution in [1.82, 2.24) is 0 Å². The number of aliphatic carboxylic acids is 1. The molecule has 4 heteroatoms. The Bertz CT molecular complexity index is 406. The Labute approximate surface area is 104 Å². The normalized spacial score (nSPS) is 12.4. The van der Waals surface area contributed by atoms with Crippen LogP contribution in [0.5, 0.6) is 0 Å². The van der Waals surface area contributed by atoms with E-state index in [1.807, 2.05) is 26.0 Å². The quantitative estimate of drug-likeness (QED) is 0.848. The van der Waals surface area contributed by atoms with Gasteiger partial charge in [-0.25, -0.2) is 0 Å². The van der Waals surface area contributed by atoms with Crippen molar-refractivity contribution in [1.29, 1.82) is 0 Å². The van der Waals surface area contributed by atoms with Gasteiger partial charge in [0, 0.05) is 28.7 Å². The Morgan fingerprint density at radius 3 is 2.35 bits per heavy atom. The molecule has 0 aliphatic carbocycles. The standard InChI is InChI=1S/C13H18O3S/c1-10-6-11(2)8-12(7-10)9-17(16)5-3-4-13(14)15/h6-8H,3-5,9H2,1-2H3,(H,14,15). The molecule has 94 valence electrons. The molecular weight excluding hydrogens is 236 g/mol. The van der Waals surface area contributed by atoms with Crippen molar-refractivity contribution in [2.75, 3.05) is 5.75 Å². The Balaban J connectivity index is 2.47. The van der Waals surface area contributed by atoms with Crippen LogP contribution in [0.1, 0.15) is 29.5 Å². The summed E-state index contributed by atoms with van der Waals surface area (Å²) in [5, 5.41) is 8.49. The molecule has 1 N–H and O–H groups in total. The number of hydrogen-bond acceptors (Lipinski definition) is 2. The van der Waals surface area contributed by atoms with Gasteiger partial charge in [-0.2, -0.15) is 0 Å². The molecule has 3 nitrogen and oxygen atoms in total. The molecular formula is C13H18O3S. The zero-order valence-electron chi connectivity index (χ0n) is 10.2. The molecule has 0 radical (unpaired) electrons. The molecule has 0 heterocycles. The first-order chi connectivity index (χ1) is 7.97. The van der Waals surface area contributed by atoms with Crippen LogP contribution in [0.2, 0.25) is 0 Å². The number of hydrogen-bond donors (Lipinski definition) is 1. The Kier molecular flexibility index (Phi) is 5.35. The molecule has 1 unspecified atom stereocenters. The maximum absolute atomic E-state index is 11.7. The lowest BCUT2D eigenvalue weighted by Crippen LogP contribution is -2.04. The maximum atomic E-state index is 11.7. The molecule has 0 amide bonds. The first kappa shape index (κ1) is 13.9. The molecule has 0 bridgehead atoms. The molecule has 1 rings (SSSR count). The monoisotopic (exact) mass is 254 g/mol. The lowest BCUT2D eigenvalue weighted by molar-refractivity contribution is -0.137. The number of benzene rings is 1. The van der Waals surface area contributed by atoms with Gasteiger partial charge in [0.25, 0.3) is 0 Å². The highest BCUT2D eigenvalue weighted by Crippen LogP contribution is 2.11. The van der Waals surface area contributed by atoms with E-state index >= 15 is 0 Å². The average molecular weight is 254 g/mol. The van der Waals surface area contributed by atoms with E-state index in [0.29, 0.717) is 17.9 Å². The highest BCUT2D eigenvalue weighted by Gasteiger charge is 2.05. The summed E-state index contributed by atoms with van der Waals surface area (Å²) in [6.07, 6.45) is 0.575. The summed E-state index contributed by atoms with van der Waals surface area (Å²) in [7, 11) is -0.967. The molecule has 0 fully saturated rings. The van der Waals surface area contributed by atoms with Crippen LogP contribution in [0.15, 0.2) is 18.2 Å². The van der Waals surface area contributed by atoms with Gasteiger partial charge in [0.1, 0.15) is 0 Å². The van der Waals surface area contributed by atoms with Crippen molar-refractivity contribution in [2.24, 2.45) is 0 Å². The van der Waals surface area contributed by atoms with Gasteiger partial charge in [-0.1, -0.05) is 29.3 Å². The number of aryl methyl sites for hydroxylation is 2. The fourth-order valence-corrected chi connectivity index (χ4v) is 2.94. The summed E-state index contributed by atoms with van der Waals surface area (Å²) in [4.78, 5) is 10.3. The van der Waals surface area contributed by atoms with Crippen LogP contribution in [0, 0.1) is 13.8 Å². The van der Waals surface area contributed by atoms with Crippen molar-refractivity contribution in [3.63, 3.8) is 0 Å². The smallest absolute Gasteiger partial charge is 0.303 e. The van der Waals surface area contributed by atoms with Gasteiger partial charge in [0.15, 0.2) is 0 Å². The van der Waals surface area contributed by atoms with Gasteiger partial charge < -0.3 is 5.11 Å². The number of carboxylic acids is 1. The first-order valence-corrected chi connectivity index (χ1v) is 7.10. The number of carboxylic acid groups (broad SMARTS) is 1. The second-order valence-electron chi connectivity index (χ2n) is 4.28. The second kappa shape index (κ2) is 6.55. The topological polar surface area (TPSA) is 54.4 Å². The molecule has 1 aromatic rings. The molecule has 17 heavy (non-hydrogen) atoms. The van der Waals surface area contributed by atoms with E-state index < -0.39 is 16.8 Å². The van der Waals surface area contributed by atoms with Crippen molar-refractivity contribution in [3.05, 3.63) is 34.9 Å². The molecule has 0 saturated carbocycles. The van der Waals surface area contributed by atoms with Crippen molar-refractivity contribution >= 4 is 16.8 Å². The molecule has 0 saturated heterocycles. The minimum atomic E-state index is -0.967. The molecule has 0 spiro atoms. The Morgan fingerprint density at radius 2 is 1.82 bits per heavy atom. The lowest BCUT2D eigenvalue weighted by atomic mass is 10.1. The van der Waals surface area contributed by atoms with E-state index in [9.17, 15) is 9.00 Å². The van der Waals surface area contributed by atoms with E-state index in [1.165, 1.54) is 11.1 Å². The summed E-state index contributed by atoms with van der Waals surface area (Å²) in [6.45, 7) is 4.04. The number of carbonyl (C=O) groups is 1. The SMILES string of the molecule is Cc1cc(C)cc(CS(=O)CCCC(=O)O)c1. The fourth-order valence-electron chi connectivity index (χ4n) is 1.79. The Hall–Kier alpha value is -1.16. The third kappa shape index (κ3) is 5.63. The first-order valence-electron chi connectivity index (χ1n) is 5.61. The van der Waals surface area contributed by atoms with Gasteiger partial charge in [-0.05, 0) is 25.8 Å². The van der Waals surface area contributed by atoms with Gasteiger partial charge in [-0.3, -0.25) is 9.00 Å². The van der Waals surface area contributed by atoms with Crippen LogP contribution in [-0.4, -0.2) is 21.0 Å². The van der Waals surface area contributed by atoms with Gasteiger partial charge in [0.2, 0.25) is 0 Å². The Morgan fingerprint density at radius 1 is 1.24 bits per heavy atom. The summed E-state index contributed by atoms with van der Waals surface area (Å²) in [5.74, 6) is 0.148. The van der Waals surface area contributed by atoms with E-state index in [4.69, 9.17) is 5.11 Å². The van der Waals surface area contributed by atoms with Crippen molar-refractivity contribution < 1.29 is 14.1 Å². The molecule has 1 aromatic carbocycles. The van der Waals surface area contributed by atoms with Crippen LogP contribution < -0.4 is 0 Å². The molecule has 0 aliphatic rings. The van der Waals surface area contributed by atoms with Crippen LogP contribution in [-0.2, 0) is 21.3 Å².